The fraction of sp³-hybridized carbons (Fsp3) is 0.769. The monoisotopic (exact) mass is 586 g/mol. The Bertz CT molecular complexity index is 381. The average Bonchev–Trinajstić information content (AvgIpc) is 2.40. The molecule has 2 unspecified atom stereocenters. The minimum Gasteiger partial charge on any atom is -0.445 e. The summed E-state index contributed by atoms with van der Waals surface area (Å²) in [5.41, 5.74) is 0. The van der Waals surface area contributed by atoms with Crippen LogP contribution in [0.4, 0.5) is 0 Å². The number of ether oxygens (including phenoxy) is 3. The summed E-state index contributed by atoms with van der Waals surface area (Å²) < 4.78 is 14.4. The number of halogens is 3. The van der Waals surface area contributed by atoms with Gasteiger partial charge in [0.2, 0.25) is 12.2 Å². The molecule has 0 aromatic rings. The van der Waals surface area contributed by atoms with Crippen molar-refractivity contribution in [2.75, 3.05) is 6.61 Å². The fourth-order valence-corrected chi connectivity index (χ4v) is 2.37. The summed E-state index contributed by atoms with van der Waals surface area (Å²) >= 11 is 16.7. The van der Waals surface area contributed by atoms with Crippen LogP contribution in [-0.4, -0.2) is 46.0 Å². The quantitative estimate of drug-likeness (QED) is 0.225. The van der Waals surface area contributed by atoms with Gasteiger partial charge in [0.25, 0.3) is 3.79 Å². The van der Waals surface area contributed by atoms with E-state index in [0.717, 1.165) is 0 Å². The van der Waals surface area contributed by atoms with Crippen LogP contribution in [-0.2, 0) is 14.2 Å². The van der Waals surface area contributed by atoms with Crippen LogP contribution in [0, 0.1) is 55.4 Å². The van der Waals surface area contributed by atoms with Crippen LogP contribution in [0.1, 0.15) is 20.3 Å². The molecule has 5 atom stereocenters. The molecule has 22 heavy (non-hydrogen) atoms. The Hall–Kier alpha value is 1.40. The molecule has 0 amide bonds. The van der Waals surface area contributed by atoms with Crippen molar-refractivity contribution in [3.8, 4) is 0 Å². The van der Waals surface area contributed by atoms with Crippen LogP contribution in [0.15, 0.2) is 12.7 Å². The molecule has 1 rings (SSSR count). The third-order valence-corrected chi connectivity index (χ3v) is 3.84. The van der Waals surface area contributed by atoms with Crippen LogP contribution in [0.2, 0.25) is 0 Å². The van der Waals surface area contributed by atoms with Crippen LogP contribution in [0.25, 0.3) is 0 Å². The summed E-state index contributed by atoms with van der Waals surface area (Å²) in [5, 5.41) is 17.9. The first kappa shape index (κ1) is 23.4. The van der Waals surface area contributed by atoms with E-state index in [9.17, 15) is 5.11 Å². The van der Waals surface area contributed by atoms with Gasteiger partial charge in [0.15, 0.2) is 0 Å². The molecule has 5 nitrogen and oxygen atoms in total. The van der Waals surface area contributed by atoms with Gasteiger partial charge in [0.1, 0.15) is 6.10 Å². The molecule has 1 radical (unpaired) electrons. The maximum Gasteiger partial charge on any atom is 0.265 e. The molecule has 0 saturated carbocycles. The number of hydrogen-bond donors (Lipinski definition) is 2. The fourth-order valence-electron chi connectivity index (χ4n) is 2.23. The van der Waals surface area contributed by atoms with E-state index in [2.05, 4.69) is 6.58 Å². The van der Waals surface area contributed by atoms with Crippen molar-refractivity contribution in [3.05, 3.63) is 12.7 Å². The van der Waals surface area contributed by atoms with Crippen LogP contribution >= 0.6 is 34.8 Å². The van der Waals surface area contributed by atoms with Crippen molar-refractivity contribution in [2.24, 2.45) is 5.92 Å². The van der Waals surface area contributed by atoms with Crippen molar-refractivity contribution in [1.29, 1.82) is 5.41 Å². The second-order valence-corrected chi connectivity index (χ2v) is 7.11. The van der Waals surface area contributed by atoms with Crippen LogP contribution < -0.4 is 0 Å². The number of alkyl halides is 3. The second-order valence-electron chi connectivity index (χ2n) is 4.83. The maximum absolute atomic E-state index is 10.3. The average molecular weight is 588 g/mol. The predicted octanol–water partition coefficient (Wildman–Crippen LogP) is 3.05. The largest absolute Gasteiger partial charge is 0.445 e. The zero-order valence-electron chi connectivity index (χ0n) is 12.5. The summed E-state index contributed by atoms with van der Waals surface area (Å²) in [4.78, 5) is 0. The van der Waals surface area contributed by atoms with E-state index < -0.39 is 28.2 Å². The van der Waals surface area contributed by atoms with Gasteiger partial charge in [-0.15, -0.1) is 6.58 Å². The summed E-state index contributed by atoms with van der Waals surface area (Å²) in [6.45, 7) is 7.73. The van der Waals surface area contributed by atoms with Crippen molar-refractivity contribution in [1.82, 2.24) is 0 Å². The summed E-state index contributed by atoms with van der Waals surface area (Å²) in [7, 11) is 0. The first-order chi connectivity index (χ1) is 9.72. The molecule has 0 aromatic carbocycles. The molecule has 9 heteroatoms. The number of hydrogen-bond acceptors (Lipinski definition) is 5. The van der Waals surface area contributed by atoms with Gasteiger partial charge >= 0.3 is 0 Å². The maximum atomic E-state index is 10.3. The van der Waals surface area contributed by atoms with Crippen LogP contribution in [0.5, 0.6) is 0 Å². The number of rotatable bonds is 5. The zero-order chi connectivity index (χ0) is 16.2. The smallest absolute Gasteiger partial charge is 0.265 e. The first-order valence-corrected chi connectivity index (χ1v) is 7.74. The minimum absolute atomic E-state index is 0. The van der Waals surface area contributed by atoms with Gasteiger partial charge in [0, 0.05) is 50.0 Å². The topological polar surface area (TPSA) is 71.8 Å². The predicted molar refractivity (Wildman–Crippen MR) is 83.2 cm³/mol. The van der Waals surface area contributed by atoms with E-state index in [0.29, 0.717) is 6.42 Å². The Labute approximate surface area is 181 Å². The van der Waals surface area contributed by atoms with Gasteiger partial charge in [-0.2, -0.15) is 0 Å². The Kier molecular flexibility index (Phi) is 11.1. The Morgan fingerprint density at radius 1 is 1.45 bits per heavy atom. The molecule has 1 saturated heterocycles. The minimum atomic E-state index is -2.01. The number of nitrogens with one attached hydrogen (secondary N) is 1. The van der Waals surface area contributed by atoms with Gasteiger partial charge < -0.3 is 19.3 Å². The Morgan fingerprint density at radius 3 is 2.50 bits per heavy atom. The van der Waals surface area contributed by atoms with E-state index in [1.807, 2.05) is 13.8 Å². The zero-order valence-corrected chi connectivity index (χ0v) is 19.5. The molecule has 1 fully saturated rings. The molecular formula is C13H20AcCl3NO4. The molecular weight excluding hydrogens is 568 g/mol. The van der Waals surface area contributed by atoms with E-state index in [-0.39, 0.29) is 62.7 Å². The Balaban J connectivity index is 0.00000441. The van der Waals surface area contributed by atoms with E-state index in [1.165, 1.54) is 0 Å². The van der Waals surface area contributed by atoms with Crippen molar-refractivity contribution in [2.45, 2.75) is 48.7 Å². The summed E-state index contributed by atoms with van der Waals surface area (Å²) in [6.07, 6.45) is -0.650. The van der Waals surface area contributed by atoms with Crippen molar-refractivity contribution >= 4 is 40.7 Å². The molecule has 1 heterocycles. The van der Waals surface area contributed by atoms with E-state index >= 15 is 0 Å². The first-order valence-electron chi connectivity index (χ1n) is 6.60. The summed E-state index contributed by atoms with van der Waals surface area (Å²) in [6, 6.07) is 0. The molecule has 0 aliphatic carbocycles. The molecule has 1 aliphatic heterocycles. The van der Waals surface area contributed by atoms with Gasteiger partial charge in [0.05, 0.1) is 18.8 Å². The third-order valence-electron chi connectivity index (χ3n) is 3.33. The van der Waals surface area contributed by atoms with Gasteiger partial charge in [-0.05, 0) is 6.42 Å². The number of aliphatic hydroxyl groups is 1. The van der Waals surface area contributed by atoms with E-state index in [1.54, 1.807) is 6.08 Å². The standard InChI is InChI=1S/C13H20Cl3NO4.Ac/c1-4-6-19-10-7(3)8(5-2)20-11(9(10)18)21-12(17)13(14,15)16;/h4,7-11,17-18H,1,5-6H2,2-3H3;/t7-,8?,9?,10-,11-;/m0./s1. The third kappa shape index (κ3) is 6.37. The molecule has 0 bridgehead atoms. The Morgan fingerprint density at radius 2 is 2.05 bits per heavy atom. The molecule has 0 spiro atoms. The van der Waals surface area contributed by atoms with Crippen molar-refractivity contribution < 1.29 is 63.4 Å². The number of aliphatic hydroxyl groups excluding tert-OH is 1. The second kappa shape index (κ2) is 10.4. The van der Waals surface area contributed by atoms with Gasteiger partial charge in [-0.3, -0.25) is 5.41 Å². The summed E-state index contributed by atoms with van der Waals surface area (Å²) in [5.74, 6) is -0.657. The van der Waals surface area contributed by atoms with E-state index in [4.69, 9.17) is 54.4 Å². The van der Waals surface area contributed by atoms with Crippen LogP contribution in [0.3, 0.4) is 0 Å². The molecule has 1 aliphatic rings. The molecule has 125 valence electrons. The normalized spacial score (nSPS) is 32.0. The molecule has 2 N–H and O–H groups in total. The SMILES string of the molecule is C=CCO[C@@H]1C(O)[C@H](OC(=N)C(Cl)(Cl)Cl)OC(CC)[C@@H]1C.[Ac]. The van der Waals surface area contributed by atoms with Gasteiger partial charge in [-0.1, -0.05) is 54.7 Å². The molecule has 0 aromatic heterocycles. The van der Waals surface area contributed by atoms with Gasteiger partial charge in [-0.25, -0.2) is 0 Å². The van der Waals surface area contributed by atoms with Crippen molar-refractivity contribution in [3.63, 3.8) is 0 Å².